The zero-order chi connectivity index (χ0) is 11.0. The topological polar surface area (TPSA) is 17.8 Å². The van der Waals surface area contributed by atoms with E-state index >= 15 is 0 Å². The summed E-state index contributed by atoms with van der Waals surface area (Å²) in [6.45, 7) is 2.18. The molecule has 0 saturated heterocycles. The molecule has 80 valence electrons. The van der Waals surface area contributed by atoms with Crippen LogP contribution in [0.5, 0.6) is 0 Å². The summed E-state index contributed by atoms with van der Waals surface area (Å²) < 4.78 is 2.15. The molecule has 0 aliphatic rings. The molecule has 0 N–H and O–H groups in total. The number of para-hydroxylation sites is 2. The van der Waals surface area contributed by atoms with Crippen LogP contribution in [0.4, 0.5) is 0 Å². The maximum atomic E-state index is 4.40. The third kappa shape index (κ3) is 1.44. The van der Waals surface area contributed by atoms with Crippen molar-refractivity contribution in [1.82, 2.24) is 9.55 Å². The van der Waals surface area contributed by atoms with Gasteiger partial charge in [0.2, 0.25) is 0 Å². The Morgan fingerprint density at radius 3 is 2.88 bits per heavy atom. The Hall–Kier alpha value is -1.61. The highest BCUT2D eigenvalue weighted by atomic mass is 32.1. The first-order valence-electron chi connectivity index (χ1n) is 5.39. The molecule has 1 aromatic carbocycles. The van der Waals surface area contributed by atoms with Gasteiger partial charge in [0.05, 0.1) is 11.0 Å². The van der Waals surface area contributed by atoms with Crippen molar-refractivity contribution in [2.24, 2.45) is 0 Å². The largest absolute Gasteiger partial charge is 0.290 e. The van der Waals surface area contributed by atoms with Gasteiger partial charge in [0.1, 0.15) is 11.3 Å². The number of benzene rings is 1. The lowest BCUT2D eigenvalue weighted by Gasteiger charge is -1.98. The fraction of sp³-hybridized carbons (Fsp3) is 0.154. The summed E-state index contributed by atoms with van der Waals surface area (Å²) >= 11 is 1.83. The van der Waals surface area contributed by atoms with E-state index in [4.69, 9.17) is 0 Å². The Labute approximate surface area is 98.2 Å². The van der Waals surface area contributed by atoms with Gasteiger partial charge in [-0.25, -0.2) is 4.98 Å². The fourth-order valence-electron chi connectivity index (χ4n) is 1.82. The minimum Gasteiger partial charge on any atom is -0.290 e. The third-order valence-corrected chi connectivity index (χ3v) is 3.92. The van der Waals surface area contributed by atoms with Crippen molar-refractivity contribution in [3.05, 3.63) is 47.6 Å². The predicted octanol–water partition coefficient (Wildman–Crippen LogP) is 3.65. The van der Waals surface area contributed by atoms with Crippen LogP contribution < -0.4 is 0 Å². The molecule has 3 rings (SSSR count). The van der Waals surface area contributed by atoms with Gasteiger partial charge in [-0.1, -0.05) is 19.1 Å². The SMILES string of the molecule is CCc1ccc(-n2cnc3ccccc32)s1. The molecule has 0 aliphatic heterocycles. The molecule has 0 spiro atoms. The summed E-state index contributed by atoms with van der Waals surface area (Å²) in [5.74, 6) is 0. The Balaban J connectivity index is 2.18. The van der Waals surface area contributed by atoms with Crippen molar-refractivity contribution in [1.29, 1.82) is 0 Å². The third-order valence-electron chi connectivity index (χ3n) is 2.69. The molecule has 0 radical (unpaired) electrons. The second kappa shape index (κ2) is 3.76. The lowest BCUT2D eigenvalue weighted by molar-refractivity contribution is 1.12. The van der Waals surface area contributed by atoms with Crippen LogP contribution in [0.15, 0.2) is 42.7 Å². The number of nitrogens with zero attached hydrogens (tertiary/aromatic N) is 2. The van der Waals surface area contributed by atoms with Gasteiger partial charge in [0, 0.05) is 4.88 Å². The van der Waals surface area contributed by atoms with Gasteiger partial charge in [-0.3, -0.25) is 4.57 Å². The highest BCUT2D eigenvalue weighted by Crippen LogP contribution is 2.24. The van der Waals surface area contributed by atoms with Crippen LogP contribution in [0.3, 0.4) is 0 Å². The van der Waals surface area contributed by atoms with E-state index in [2.05, 4.69) is 40.7 Å². The summed E-state index contributed by atoms with van der Waals surface area (Å²) in [6.07, 6.45) is 2.99. The van der Waals surface area contributed by atoms with Crippen molar-refractivity contribution in [3.63, 3.8) is 0 Å². The van der Waals surface area contributed by atoms with Crippen LogP contribution in [0.2, 0.25) is 0 Å². The Kier molecular flexibility index (Phi) is 2.26. The van der Waals surface area contributed by atoms with Crippen LogP contribution in [-0.2, 0) is 6.42 Å². The van der Waals surface area contributed by atoms with Crippen molar-refractivity contribution >= 4 is 22.4 Å². The van der Waals surface area contributed by atoms with Crippen molar-refractivity contribution in [3.8, 4) is 5.00 Å². The smallest absolute Gasteiger partial charge is 0.101 e. The minimum absolute atomic E-state index is 1.05. The summed E-state index contributed by atoms with van der Waals surface area (Å²) in [5, 5.41) is 1.24. The molecule has 0 atom stereocenters. The van der Waals surface area contributed by atoms with E-state index in [1.54, 1.807) is 0 Å². The average molecular weight is 228 g/mol. The normalized spacial score (nSPS) is 11.1. The number of fused-ring (bicyclic) bond motifs is 1. The van der Waals surface area contributed by atoms with Crippen molar-refractivity contribution in [2.45, 2.75) is 13.3 Å². The number of hydrogen-bond donors (Lipinski definition) is 0. The molecule has 3 aromatic rings. The minimum atomic E-state index is 1.05. The molecule has 0 amide bonds. The van der Waals surface area contributed by atoms with E-state index < -0.39 is 0 Å². The lowest BCUT2D eigenvalue weighted by atomic mass is 10.3. The second-order valence-corrected chi connectivity index (χ2v) is 4.84. The fourth-order valence-corrected chi connectivity index (χ4v) is 2.75. The number of rotatable bonds is 2. The van der Waals surface area contributed by atoms with Gasteiger partial charge in [0.25, 0.3) is 0 Å². The van der Waals surface area contributed by atoms with Gasteiger partial charge < -0.3 is 0 Å². The molecule has 16 heavy (non-hydrogen) atoms. The van der Waals surface area contributed by atoms with E-state index in [-0.39, 0.29) is 0 Å². The van der Waals surface area contributed by atoms with Crippen molar-refractivity contribution < 1.29 is 0 Å². The molecule has 2 heterocycles. The first-order chi connectivity index (χ1) is 7.88. The molecule has 0 bridgehead atoms. The summed E-state index contributed by atoms with van der Waals surface area (Å²) in [4.78, 5) is 5.81. The molecular formula is C13H12N2S. The van der Waals surface area contributed by atoms with E-state index in [1.807, 2.05) is 29.8 Å². The number of hydrogen-bond acceptors (Lipinski definition) is 2. The lowest BCUT2D eigenvalue weighted by Crippen LogP contribution is -1.86. The van der Waals surface area contributed by atoms with Gasteiger partial charge in [-0.05, 0) is 30.7 Å². The summed E-state index contributed by atoms with van der Waals surface area (Å²) in [7, 11) is 0. The second-order valence-electron chi connectivity index (χ2n) is 3.70. The quantitative estimate of drug-likeness (QED) is 0.654. The maximum absolute atomic E-state index is 4.40. The number of imidazole rings is 1. The van der Waals surface area contributed by atoms with Crippen LogP contribution in [-0.4, -0.2) is 9.55 Å². The summed E-state index contributed by atoms with van der Waals surface area (Å²) in [5.41, 5.74) is 2.22. The first-order valence-corrected chi connectivity index (χ1v) is 6.21. The molecule has 0 aliphatic carbocycles. The highest BCUT2D eigenvalue weighted by molar-refractivity contribution is 7.14. The van der Waals surface area contributed by atoms with Crippen LogP contribution >= 0.6 is 11.3 Å². The highest BCUT2D eigenvalue weighted by Gasteiger charge is 2.05. The Morgan fingerprint density at radius 2 is 2.06 bits per heavy atom. The van der Waals surface area contributed by atoms with E-state index in [1.165, 1.54) is 15.4 Å². The predicted molar refractivity (Wildman–Crippen MR) is 68.3 cm³/mol. The number of aryl methyl sites for hydroxylation is 1. The van der Waals surface area contributed by atoms with E-state index in [0.29, 0.717) is 0 Å². The Bertz CT molecular complexity index is 621. The van der Waals surface area contributed by atoms with Gasteiger partial charge >= 0.3 is 0 Å². The van der Waals surface area contributed by atoms with Gasteiger partial charge in [-0.2, -0.15) is 0 Å². The molecule has 0 fully saturated rings. The average Bonchev–Trinajstić information content (AvgIpc) is 2.94. The number of thiophene rings is 1. The zero-order valence-electron chi connectivity index (χ0n) is 9.05. The zero-order valence-corrected chi connectivity index (χ0v) is 9.87. The van der Waals surface area contributed by atoms with E-state index in [0.717, 1.165) is 11.9 Å². The molecule has 2 aromatic heterocycles. The molecule has 2 nitrogen and oxygen atoms in total. The van der Waals surface area contributed by atoms with Gasteiger partial charge in [-0.15, -0.1) is 11.3 Å². The van der Waals surface area contributed by atoms with Crippen LogP contribution in [0.25, 0.3) is 16.0 Å². The standard InChI is InChI=1S/C13H12N2S/c1-2-10-7-8-13(16-10)15-9-14-11-5-3-4-6-12(11)15/h3-9H,2H2,1H3. The monoisotopic (exact) mass is 228 g/mol. The molecule has 0 unspecified atom stereocenters. The first kappa shape index (κ1) is 9.60. The van der Waals surface area contributed by atoms with E-state index in [9.17, 15) is 0 Å². The van der Waals surface area contributed by atoms with Crippen LogP contribution in [0, 0.1) is 0 Å². The van der Waals surface area contributed by atoms with Crippen LogP contribution in [0.1, 0.15) is 11.8 Å². The van der Waals surface area contributed by atoms with Crippen molar-refractivity contribution in [2.75, 3.05) is 0 Å². The number of aromatic nitrogens is 2. The Morgan fingerprint density at radius 1 is 1.19 bits per heavy atom. The molecule has 3 heteroatoms. The van der Waals surface area contributed by atoms with Gasteiger partial charge in [0.15, 0.2) is 0 Å². The summed E-state index contributed by atoms with van der Waals surface area (Å²) in [6, 6.07) is 12.6. The molecule has 0 saturated carbocycles. The molecular weight excluding hydrogens is 216 g/mol. The maximum Gasteiger partial charge on any atom is 0.101 e.